The standard InChI is InChI=1S/C20H23NO5S.C2H6/c1-12(20(24)27-11-18(19(23)26-4)21-13(2)22)14-5-6-16-10-17(25-3)8-7-15(16)9-14;1-2/h5-10,12,18H,11H2,1-4H3,(H,21,22);1-2H3. The van der Waals surface area contributed by atoms with Crippen LogP contribution in [0.1, 0.15) is 39.2 Å². The average molecular weight is 420 g/mol. The first kappa shape index (κ1) is 24.5. The monoisotopic (exact) mass is 419 g/mol. The number of ether oxygens (including phenoxy) is 2. The second kappa shape index (κ2) is 12.1. The summed E-state index contributed by atoms with van der Waals surface area (Å²) >= 11 is 1.01. The summed E-state index contributed by atoms with van der Waals surface area (Å²) < 4.78 is 9.89. The van der Waals surface area contributed by atoms with E-state index in [0.717, 1.165) is 33.8 Å². The van der Waals surface area contributed by atoms with Gasteiger partial charge in [-0.3, -0.25) is 9.59 Å². The van der Waals surface area contributed by atoms with Crippen molar-refractivity contribution in [3.63, 3.8) is 0 Å². The smallest absolute Gasteiger partial charge is 0.329 e. The van der Waals surface area contributed by atoms with Crippen molar-refractivity contribution in [2.75, 3.05) is 20.0 Å². The Morgan fingerprint density at radius 2 is 1.66 bits per heavy atom. The highest BCUT2D eigenvalue weighted by Crippen LogP contribution is 2.28. The average Bonchev–Trinajstić information content (AvgIpc) is 2.75. The molecule has 0 heterocycles. The highest BCUT2D eigenvalue weighted by Gasteiger charge is 2.24. The van der Waals surface area contributed by atoms with E-state index in [2.05, 4.69) is 10.1 Å². The second-order valence-corrected chi connectivity index (χ2v) is 7.12. The second-order valence-electron chi connectivity index (χ2n) is 6.10. The van der Waals surface area contributed by atoms with Crippen molar-refractivity contribution in [2.45, 2.75) is 39.7 Å². The fourth-order valence-corrected chi connectivity index (χ4v) is 3.56. The van der Waals surface area contributed by atoms with Crippen LogP contribution < -0.4 is 10.1 Å². The third kappa shape index (κ3) is 7.09. The molecule has 0 aliphatic carbocycles. The van der Waals surface area contributed by atoms with Gasteiger partial charge in [0, 0.05) is 12.7 Å². The molecule has 158 valence electrons. The van der Waals surface area contributed by atoms with Gasteiger partial charge in [0.25, 0.3) is 0 Å². The first-order valence-electron chi connectivity index (χ1n) is 9.45. The van der Waals surface area contributed by atoms with E-state index in [0.29, 0.717) is 0 Å². The summed E-state index contributed by atoms with van der Waals surface area (Å²) in [7, 11) is 2.87. The zero-order chi connectivity index (χ0) is 22.0. The lowest BCUT2D eigenvalue weighted by molar-refractivity contribution is -0.144. The van der Waals surface area contributed by atoms with Crippen molar-refractivity contribution >= 4 is 39.5 Å². The zero-order valence-electron chi connectivity index (χ0n) is 17.8. The van der Waals surface area contributed by atoms with Crippen LogP contribution in [-0.4, -0.2) is 43.0 Å². The molecular formula is C22H29NO5S. The van der Waals surface area contributed by atoms with E-state index in [1.54, 1.807) is 7.11 Å². The maximum absolute atomic E-state index is 12.6. The van der Waals surface area contributed by atoms with Gasteiger partial charge in [0.15, 0.2) is 5.12 Å². The van der Waals surface area contributed by atoms with Crippen LogP contribution in [0.2, 0.25) is 0 Å². The molecule has 0 bridgehead atoms. The fraction of sp³-hybridized carbons (Fsp3) is 0.409. The summed E-state index contributed by atoms with van der Waals surface area (Å²) in [6.45, 7) is 7.14. The molecule has 0 saturated heterocycles. The van der Waals surface area contributed by atoms with Crippen LogP contribution in [0.4, 0.5) is 0 Å². The number of thioether (sulfide) groups is 1. The number of nitrogens with one attached hydrogen (secondary N) is 1. The number of benzene rings is 2. The van der Waals surface area contributed by atoms with E-state index < -0.39 is 12.0 Å². The van der Waals surface area contributed by atoms with E-state index >= 15 is 0 Å². The molecule has 2 aromatic carbocycles. The maximum atomic E-state index is 12.6. The largest absolute Gasteiger partial charge is 0.497 e. The summed E-state index contributed by atoms with van der Waals surface area (Å²) in [4.78, 5) is 35.5. The molecule has 0 aromatic heterocycles. The molecule has 6 nitrogen and oxygen atoms in total. The zero-order valence-corrected chi connectivity index (χ0v) is 18.6. The number of carbonyl (C=O) groups excluding carboxylic acids is 3. The first-order chi connectivity index (χ1) is 13.8. The molecule has 0 aliphatic heterocycles. The Bertz CT molecular complexity index is 852. The van der Waals surface area contributed by atoms with E-state index in [9.17, 15) is 14.4 Å². The lowest BCUT2D eigenvalue weighted by atomic mass is 9.99. The van der Waals surface area contributed by atoms with Crippen LogP contribution in [0, 0.1) is 0 Å². The van der Waals surface area contributed by atoms with Gasteiger partial charge in [0.1, 0.15) is 11.8 Å². The molecule has 29 heavy (non-hydrogen) atoms. The highest BCUT2D eigenvalue weighted by atomic mass is 32.2. The van der Waals surface area contributed by atoms with E-state index in [4.69, 9.17) is 4.74 Å². The van der Waals surface area contributed by atoms with Crippen LogP contribution in [0.5, 0.6) is 5.75 Å². The molecular weight excluding hydrogens is 390 g/mol. The minimum atomic E-state index is -0.849. The van der Waals surface area contributed by atoms with Gasteiger partial charge >= 0.3 is 5.97 Å². The Kier molecular flexibility index (Phi) is 10.2. The minimum absolute atomic E-state index is 0.0814. The Labute approximate surface area is 176 Å². The van der Waals surface area contributed by atoms with E-state index in [1.807, 2.05) is 57.2 Å². The molecule has 0 spiro atoms. The summed E-state index contributed by atoms with van der Waals surface area (Å²) in [5.74, 6) is -0.367. The molecule has 0 saturated carbocycles. The summed E-state index contributed by atoms with van der Waals surface area (Å²) in [5, 5.41) is 4.47. The third-order valence-corrected chi connectivity index (χ3v) is 5.32. The summed E-state index contributed by atoms with van der Waals surface area (Å²) in [6.07, 6.45) is 0. The van der Waals surface area contributed by atoms with Gasteiger partial charge in [0.2, 0.25) is 5.91 Å². The van der Waals surface area contributed by atoms with E-state index in [1.165, 1.54) is 14.0 Å². The van der Waals surface area contributed by atoms with Gasteiger partial charge in [-0.05, 0) is 28.5 Å². The molecule has 0 fully saturated rings. The third-order valence-electron chi connectivity index (χ3n) is 4.18. The first-order valence-corrected chi connectivity index (χ1v) is 10.4. The topological polar surface area (TPSA) is 81.7 Å². The quantitative estimate of drug-likeness (QED) is 0.685. The molecule has 0 radical (unpaired) electrons. The van der Waals surface area contributed by atoms with Crippen LogP contribution in [0.25, 0.3) is 10.8 Å². The predicted molar refractivity (Wildman–Crippen MR) is 117 cm³/mol. The number of rotatable bonds is 7. The van der Waals surface area contributed by atoms with Crippen LogP contribution in [0.15, 0.2) is 36.4 Å². The Morgan fingerprint density at radius 3 is 2.24 bits per heavy atom. The Balaban J connectivity index is 0.00000204. The van der Waals surface area contributed by atoms with Crippen LogP contribution >= 0.6 is 11.8 Å². The SMILES string of the molecule is CC.COC(=O)C(CSC(=O)C(C)c1ccc2cc(OC)ccc2c1)NC(C)=O. The molecule has 7 heteroatoms. The van der Waals surface area contributed by atoms with E-state index in [-0.39, 0.29) is 22.7 Å². The Hall–Kier alpha value is -2.54. The van der Waals surface area contributed by atoms with Gasteiger partial charge in [-0.2, -0.15) is 0 Å². The normalized spacial score (nSPS) is 12.2. The van der Waals surface area contributed by atoms with Gasteiger partial charge < -0.3 is 14.8 Å². The molecule has 2 rings (SSSR count). The van der Waals surface area contributed by atoms with Gasteiger partial charge in [-0.1, -0.05) is 56.8 Å². The maximum Gasteiger partial charge on any atom is 0.329 e. The molecule has 1 N–H and O–H groups in total. The molecule has 2 unspecified atom stereocenters. The summed E-state index contributed by atoms with van der Waals surface area (Å²) in [5.41, 5.74) is 0.888. The number of hydrogen-bond donors (Lipinski definition) is 1. The number of esters is 1. The molecule has 1 amide bonds. The van der Waals surface area contributed by atoms with Crippen LogP contribution in [-0.2, 0) is 19.1 Å². The van der Waals surface area contributed by atoms with Gasteiger partial charge in [-0.25, -0.2) is 4.79 Å². The van der Waals surface area contributed by atoms with Crippen molar-refractivity contribution in [3.8, 4) is 5.75 Å². The van der Waals surface area contributed by atoms with Crippen molar-refractivity contribution < 1.29 is 23.9 Å². The minimum Gasteiger partial charge on any atom is -0.497 e. The Morgan fingerprint density at radius 1 is 1.03 bits per heavy atom. The van der Waals surface area contributed by atoms with Crippen LogP contribution in [0.3, 0.4) is 0 Å². The van der Waals surface area contributed by atoms with Crippen molar-refractivity contribution in [3.05, 3.63) is 42.0 Å². The fourth-order valence-electron chi connectivity index (χ4n) is 2.62. The highest BCUT2D eigenvalue weighted by molar-refractivity contribution is 8.13. The molecule has 2 atom stereocenters. The summed E-state index contributed by atoms with van der Waals surface area (Å²) in [6, 6.07) is 10.8. The number of carbonyl (C=O) groups is 3. The number of amides is 1. The van der Waals surface area contributed by atoms with Gasteiger partial charge in [0.05, 0.1) is 20.1 Å². The lowest BCUT2D eigenvalue weighted by Crippen LogP contribution is -2.42. The lowest BCUT2D eigenvalue weighted by Gasteiger charge is -2.16. The molecule has 0 aliphatic rings. The number of hydrogen-bond acceptors (Lipinski definition) is 6. The van der Waals surface area contributed by atoms with Crippen molar-refractivity contribution in [1.82, 2.24) is 5.32 Å². The number of methoxy groups -OCH3 is 2. The van der Waals surface area contributed by atoms with Crippen molar-refractivity contribution in [1.29, 1.82) is 0 Å². The molecule has 2 aromatic rings. The van der Waals surface area contributed by atoms with Crippen molar-refractivity contribution in [2.24, 2.45) is 0 Å². The number of fused-ring (bicyclic) bond motifs is 1. The van der Waals surface area contributed by atoms with Gasteiger partial charge in [-0.15, -0.1) is 0 Å². The predicted octanol–water partition coefficient (Wildman–Crippen LogP) is 3.92.